The molecule has 0 atom stereocenters. The van der Waals surface area contributed by atoms with Crippen molar-refractivity contribution in [3.05, 3.63) is 63.9 Å². The van der Waals surface area contributed by atoms with Crippen LogP contribution in [0.5, 0.6) is 0 Å². The monoisotopic (exact) mass is 345 g/mol. The van der Waals surface area contributed by atoms with Gasteiger partial charge in [-0.1, -0.05) is 23.8 Å². The van der Waals surface area contributed by atoms with Crippen LogP contribution >= 0.6 is 23.6 Å². The highest BCUT2D eigenvalue weighted by molar-refractivity contribution is 7.80. The van der Waals surface area contributed by atoms with Gasteiger partial charge < -0.3 is 0 Å². The molecular weight excluding hydrogens is 330 g/mol. The van der Waals surface area contributed by atoms with Crippen molar-refractivity contribution in [1.82, 2.24) is 16.2 Å². The molecule has 2 amide bonds. The van der Waals surface area contributed by atoms with Gasteiger partial charge in [-0.25, -0.2) is 0 Å². The van der Waals surface area contributed by atoms with Crippen LogP contribution in [0, 0.1) is 6.92 Å². The molecule has 5 nitrogen and oxygen atoms in total. The van der Waals surface area contributed by atoms with Crippen LogP contribution in [0.3, 0.4) is 0 Å². The van der Waals surface area contributed by atoms with Gasteiger partial charge in [0.25, 0.3) is 5.91 Å². The molecule has 0 unspecified atom stereocenters. The second-order valence-electron chi connectivity index (χ2n) is 4.61. The van der Waals surface area contributed by atoms with Crippen LogP contribution in [-0.4, -0.2) is 16.9 Å². The molecule has 2 rings (SSSR count). The number of aryl methyl sites for hydroxylation is 1. The van der Waals surface area contributed by atoms with Gasteiger partial charge in [0, 0.05) is 16.5 Å². The van der Waals surface area contributed by atoms with Crippen molar-refractivity contribution in [1.29, 1.82) is 0 Å². The van der Waals surface area contributed by atoms with Crippen LogP contribution < -0.4 is 16.2 Å². The fraction of sp³-hybridized carbons (Fsp3) is 0.0625. The fourth-order valence-electron chi connectivity index (χ4n) is 1.62. The van der Waals surface area contributed by atoms with Gasteiger partial charge in [0.15, 0.2) is 5.11 Å². The predicted molar refractivity (Wildman–Crippen MR) is 95.9 cm³/mol. The Labute approximate surface area is 143 Å². The lowest BCUT2D eigenvalue weighted by Crippen LogP contribution is -2.48. The molecule has 1 aromatic carbocycles. The topological polar surface area (TPSA) is 70.2 Å². The van der Waals surface area contributed by atoms with Gasteiger partial charge in [-0.15, -0.1) is 11.3 Å². The van der Waals surface area contributed by atoms with Crippen LogP contribution in [0.1, 0.15) is 20.8 Å². The molecule has 0 aliphatic rings. The van der Waals surface area contributed by atoms with Gasteiger partial charge in [-0.05, 0) is 48.8 Å². The summed E-state index contributed by atoms with van der Waals surface area (Å²) in [4.78, 5) is 24.5. The minimum atomic E-state index is -0.375. The maximum Gasteiger partial charge on any atom is 0.269 e. The molecule has 0 aliphatic carbocycles. The van der Waals surface area contributed by atoms with E-state index in [9.17, 15) is 9.59 Å². The Morgan fingerprint density at radius 3 is 2.52 bits per heavy atom. The normalized spacial score (nSPS) is 10.3. The Balaban J connectivity index is 1.77. The number of benzene rings is 1. The van der Waals surface area contributed by atoms with Crippen molar-refractivity contribution in [2.45, 2.75) is 6.92 Å². The maximum atomic E-state index is 11.9. The SMILES string of the molecule is Cc1ccc(C(=O)NNC(=S)NC(=O)/C=C/c2cccs2)cc1. The zero-order chi connectivity index (χ0) is 16.7. The summed E-state index contributed by atoms with van der Waals surface area (Å²) in [6.07, 6.45) is 3.06. The number of hydrogen-bond donors (Lipinski definition) is 3. The Bertz CT molecular complexity index is 722. The van der Waals surface area contributed by atoms with E-state index in [1.54, 1.807) is 18.2 Å². The fourth-order valence-corrected chi connectivity index (χ4v) is 2.39. The number of hydrazine groups is 1. The van der Waals surface area contributed by atoms with E-state index >= 15 is 0 Å². The lowest BCUT2D eigenvalue weighted by molar-refractivity contribution is -0.115. The molecule has 23 heavy (non-hydrogen) atoms. The second-order valence-corrected chi connectivity index (χ2v) is 6.00. The highest BCUT2D eigenvalue weighted by Gasteiger charge is 2.06. The van der Waals surface area contributed by atoms with Crippen LogP contribution in [0.25, 0.3) is 6.08 Å². The third-order valence-corrected chi connectivity index (χ3v) is 3.82. The van der Waals surface area contributed by atoms with E-state index in [1.165, 1.54) is 17.4 Å². The zero-order valence-electron chi connectivity index (χ0n) is 12.3. The summed E-state index contributed by atoms with van der Waals surface area (Å²) in [5.41, 5.74) is 6.47. The summed E-state index contributed by atoms with van der Waals surface area (Å²) in [5.74, 6) is -0.712. The molecule has 0 saturated heterocycles. The van der Waals surface area contributed by atoms with E-state index in [4.69, 9.17) is 12.2 Å². The number of amides is 2. The average Bonchev–Trinajstić information content (AvgIpc) is 3.05. The Hall–Kier alpha value is -2.51. The molecule has 0 saturated carbocycles. The van der Waals surface area contributed by atoms with E-state index in [0.717, 1.165) is 10.4 Å². The summed E-state index contributed by atoms with van der Waals surface area (Å²) >= 11 is 6.47. The first-order valence-electron chi connectivity index (χ1n) is 6.74. The van der Waals surface area contributed by atoms with Crippen LogP contribution in [0.15, 0.2) is 47.9 Å². The smallest absolute Gasteiger partial charge is 0.269 e. The molecule has 7 heteroatoms. The van der Waals surface area contributed by atoms with E-state index in [2.05, 4.69) is 16.2 Å². The Morgan fingerprint density at radius 1 is 1.13 bits per heavy atom. The maximum absolute atomic E-state index is 11.9. The molecule has 0 aliphatic heterocycles. The van der Waals surface area contributed by atoms with Crippen molar-refractivity contribution in [3.8, 4) is 0 Å². The number of thiophene rings is 1. The number of carbonyl (C=O) groups excluding carboxylic acids is 2. The van der Waals surface area contributed by atoms with Crippen LogP contribution in [-0.2, 0) is 4.79 Å². The first kappa shape index (κ1) is 16.9. The minimum Gasteiger partial charge on any atom is -0.298 e. The van der Waals surface area contributed by atoms with Gasteiger partial charge in [0.05, 0.1) is 0 Å². The largest absolute Gasteiger partial charge is 0.298 e. The van der Waals surface area contributed by atoms with Gasteiger partial charge >= 0.3 is 0 Å². The summed E-state index contributed by atoms with van der Waals surface area (Å²) in [5, 5.41) is 4.38. The number of hydrogen-bond acceptors (Lipinski definition) is 4. The van der Waals surface area contributed by atoms with Gasteiger partial charge in [0.1, 0.15) is 0 Å². The second kappa shape index (κ2) is 8.21. The molecule has 0 spiro atoms. The zero-order valence-corrected chi connectivity index (χ0v) is 14.0. The number of rotatable bonds is 3. The number of nitrogens with one attached hydrogen (secondary N) is 3. The molecule has 1 heterocycles. The molecule has 0 fully saturated rings. The van der Waals surface area contributed by atoms with E-state index in [1.807, 2.05) is 36.6 Å². The van der Waals surface area contributed by atoms with Gasteiger partial charge in [0.2, 0.25) is 5.91 Å². The lowest BCUT2D eigenvalue weighted by Gasteiger charge is -2.09. The average molecular weight is 345 g/mol. The molecule has 118 valence electrons. The molecule has 0 radical (unpaired) electrons. The molecule has 2 aromatic rings. The summed E-state index contributed by atoms with van der Waals surface area (Å²) in [6, 6.07) is 10.9. The van der Waals surface area contributed by atoms with Gasteiger partial charge in [-0.3, -0.25) is 25.8 Å². The first-order valence-corrected chi connectivity index (χ1v) is 8.03. The molecule has 0 bridgehead atoms. The van der Waals surface area contributed by atoms with Crippen molar-refractivity contribution >= 4 is 46.6 Å². The standard InChI is InChI=1S/C16H15N3O2S2/c1-11-4-6-12(7-5-11)15(21)18-19-16(22)17-14(20)9-8-13-3-2-10-23-13/h2-10H,1H3,(H,18,21)(H2,17,19,20,22)/b9-8+. The third kappa shape index (κ3) is 5.65. The summed E-state index contributed by atoms with van der Waals surface area (Å²) < 4.78 is 0. The molecular formula is C16H15N3O2S2. The Kier molecular flexibility index (Phi) is 6.02. The summed E-state index contributed by atoms with van der Waals surface area (Å²) in [7, 11) is 0. The van der Waals surface area contributed by atoms with E-state index < -0.39 is 0 Å². The van der Waals surface area contributed by atoms with E-state index in [-0.39, 0.29) is 16.9 Å². The predicted octanol–water partition coefficient (Wildman–Crippen LogP) is 2.41. The first-order chi connectivity index (χ1) is 11.0. The van der Waals surface area contributed by atoms with Crippen molar-refractivity contribution in [2.24, 2.45) is 0 Å². The quantitative estimate of drug-likeness (QED) is 0.454. The van der Waals surface area contributed by atoms with Crippen LogP contribution in [0.2, 0.25) is 0 Å². The van der Waals surface area contributed by atoms with Gasteiger partial charge in [-0.2, -0.15) is 0 Å². The highest BCUT2D eigenvalue weighted by Crippen LogP contribution is 2.09. The van der Waals surface area contributed by atoms with Crippen molar-refractivity contribution < 1.29 is 9.59 Å². The highest BCUT2D eigenvalue weighted by atomic mass is 32.1. The summed E-state index contributed by atoms with van der Waals surface area (Å²) in [6.45, 7) is 1.94. The number of carbonyl (C=O) groups is 2. The minimum absolute atomic E-state index is 0.0197. The molecule has 1 aromatic heterocycles. The lowest BCUT2D eigenvalue weighted by atomic mass is 10.1. The third-order valence-electron chi connectivity index (χ3n) is 2.78. The van der Waals surface area contributed by atoms with Crippen molar-refractivity contribution in [2.75, 3.05) is 0 Å². The van der Waals surface area contributed by atoms with Crippen LogP contribution in [0.4, 0.5) is 0 Å². The Morgan fingerprint density at radius 2 is 1.87 bits per heavy atom. The number of thiocarbonyl (C=S) groups is 1. The van der Waals surface area contributed by atoms with Crippen molar-refractivity contribution in [3.63, 3.8) is 0 Å². The molecule has 3 N–H and O–H groups in total. The van der Waals surface area contributed by atoms with E-state index in [0.29, 0.717) is 5.56 Å².